The van der Waals surface area contributed by atoms with Gasteiger partial charge in [0, 0.05) is 25.2 Å². The van der Waals surface area contributed by atoms with E-state index in [1.54, 1.807) is 0 Å². The van der Waals surface area contributed by atoms with Gasteiger partial charge in [-0.15, -0.1) is 0 Å². The van der Waals surface area contributed by atoms with Crippen LogP contribution in [0, 0.1) is 10.1 Å². The van der Waals surface area contributed by atoms with Crippen molar-refractivity contribution in [2.45, 2.75) is 26.1 Å². The number of hydrogen-bond donors (Lipinski definition) is 1. The molecule has 0 heterocycles. The second-order valence-corrected chi connectivity index (χ2v) is 4.99. The third-order valence-electron chi connectivity index (χ3n) is 3.18. The van der Waals surface area contributed by atoms with Crippen molar-refractivity contribution in [1.82, 2.24) is 4.90 Å². The molecule has 1 rings (SSSR count). The summed E-state index contributed by atoms with van der Waals surface area (Å²) in [5.74, 6) is 0. The number of nitrogens with one attached hydrogen (secondary N) is 1. The molecule has 0 fully saturated rings. The van der Waals surface area contributed by atoms with Gasteiger partial charge in [-0.05, 0) is 33.0 Å². The van der Waals surface area contributed by atoms with Crippen molar-refractivity contribution < 1.29 is 18.1 Å². The Hall–Kier alpha value is -1.83. The fourth-order valence-electron chi connectivity index (χ4n) is 1.63. The first kappa shape index (κ1) is 17.2. The molecule has 0 bridgehead atoms. The van der Waals surface area contributed by atoms with Gasteiger partial charge in [0.25, 0.3) is 5.69 Å². The van der Waals surface area contributed by atoms with Gasteiger partial charge in [-0.2, -0.15) is 13.2 Å². The maximum Gasteiger partial charge on any atom is 0.416 e. The summed E-state index contributed by atoms with van der Waals surface area (Å²) in [7, 11) is 1.90. The zero-order chi connectivity index (χ0) is 16.2. The summed E-state index contributed by atoms with van der Waals surface area (Å²) >= 11 is 0. The van der Waals surface area contributed by atoms with E-state index >= 15 is 0 Å². The standard InChI is InChI=1S/C13H18F3N3O2/c1-9(2)18(3)7-6-17-11-5-4-10(13(14,15)16)8-12(11)19(20)21/h4-5,8-9,17H,6-7H2,1-3H3. The van der Waals surface area contributed by atoms with Gasteiger partial charge >= 0.3 is 6.18 Å². The number of rotatable bonds is 6. The summed E-state index contributed by atoms with van der Waals surface area (Å²) in [5, 5.41) is 13.7. The first-order chi connectivity index (χ1) is 9.62. The lowest BCUT2D eigenvalue weighted by molar-refractivity contribution is -0.384. The molecule has 0 radical (unpaired) electrons. The number of nitrogens with zero attached hydrogens (tertiary/aromatic N) is 2. The maximum absolute atomic E-state index is 12.6. The quantitative estimate of drug-likeness (QED) is 0.646. The molecule has 118 valence electrons. The number of anilines is 1. The molecular formula is C13H18F3N3O2. The van der Waals surface area contributed by atoms with Crippen LogP contribution >= 0.6 is 0 Å². The van der Waals surface area contributed by atoms with Crippen LogP contribution in [0.15, 0.2) is 18.2 Å². The Kier molecular flexibility index (Phi) is 5.54. The molecule has 0 aliphatic carbocycles. The number of alkyl halides is 3. The molecule has 1 aromatic carbocycles. The number of hydrogen-bond acceptors (Lipinski definition) is 4. The highest BCUT2D eigenvalue weighted by molar-refractivity contribution is 5.62. The first-order valence-electron chi connectivity index (χ1n) is 6.42. The second-order valence-electron chi connectivity index (χ2n) is 4.99. The summed E-state index contributed by atoms with van der Waals surface area (Å²) in [6.45, 7) is 5.03. The van der Waals surface area contributed by atoms with Crippen molar-refractivity contribution in [2.75, 3.05) is 25.5 Å². The van der Waals surface area contributed by atoms with Crippen molar-refractivity contribution in [2.24, 2.45) is 0 Å². The number of likely N-dealkylation sites (N-methyl/N-ethyl adjacent to an activating group) is 1. The zero-order valence-electron chi connectivity index (χ0n) is 12.1. The van der Waals surface area contributed by atoms with E-state index in [1.165, 1.54) is 0 Å². The highest BCUT2D eigenvalue weighted by Crippen LogP contribution is 2.34. The molecule has 0 spiro atoms. The van der Waals surface area contributed by atoms with Crippen LogP contribution < -0.4 is 5.32 Å². The van der Waals surface area contributed by atoms with Gasteiger partial charge < -0.3 is 10.2 Å². The molecule has 0 aliphatic rings. The van der Waals surface area contributed by atoms with Crippen molar-refractivity contribution in [3.05, 3.63) is 33.9 Å². The van der Waals surface area contributed by atoms with E-state index in [4.69, 9.17) is 0 Å². The highest BCUT2D eigenvalue weighted by atomic mass is 19.4. The molecule has 0 aromatic heterocycles. The van der Waals surface area contributed by atoms with E-state index < -0.39 is 22.4 Å². The van der Waals surface area contributed by atoms with E-state index in [9.17, 15) is 23.3 Å². The van der Waals surface area contributed by atoms with Crippen LogP contribution in [0.25, 0.3) is 0 Å². The summed E-state index contributed by atoms with van der Waals surface area (Å²) in [6, 6.07) is 2.79. The molecule has 0 unspecified atom stereocenters. The second kappa shape index (κ2) is 6.75. The fourth-order valence-corrected chi connectivity index (χ4v) is 1.63. The topological polar surface area (TPSA) is 58.4 Å². The monoisotopic (exact) mass is 305 g/mol. The maximum atomic E-state index is 12.6. The van der Waals surface area contributed by atoms with Gasteiger partial charge in [0.1, 0.15) is 5.69 Å². The molecule has 21 heavy (non-hydrogen) atoms. The van der Waals surface area contributed by atoms with E-state index in [-0.39, 0.29) is 5.69 Å². The van der Waals surface area contributed by atoms with Gasteiger partial charge in [0.05, 0.1) is 10.5 Å². The fraction of sp³-hybridized carbons (Fsp3) is 0.538. The predicted molar refractivity (Wildman–Crippen MR) is 74.4 cm³/mol. The molecule has 1 N–H and O–H groups in total. The number of nitro groups is 1. The minimum absolute atomic E-state index is 0.0881. The van der Waals surface area contributed by atoms with Crippen molar-refractivity contribution in [3.63, 3.8) is 0 Å². The third kappa shape index (κ3) is 4.89. The van der Waals surface area contributed by atoms with E-state index in [0.717, 1.165) is 12.1 Å². The lowest BCUT2D eigenvalue weighted by Crippen LogP contribution is -2.31. The first-order valence-corrected chi connectivity index (χ1v) is 6.42. The number of nitro benzene ring substituents is 1. The highest BCUT2D eigenvalue weighted by Gasteiger charge is 2.32. The smallest absolute Gasteiger partial charge is 0.378 e. The largest absolute Gasteiger partial charge is 0.416 e. The third-order valence-corrected chi connectivity index (χ3v) is 3.18. The Labute approximate surface area is 120 Å². The Balaban J connectivity index is 2.85. The van der Waals surface area contributed by atoms with Gasteiger partial charge in [-0.3, -0.25) is 10.1 Å². The average molecular weight is 305 g/mol. The van der Waals surface area contributed by atoms with Gasteiger partial charge in [0.2, 0.25) is 0 Å². The number of benzene rings is 1. The Morgan fingerprint density at radius 2 is 2.00 bits per heavy atom. The van der Waals surface area contributed by atoms with Crippen LogP contribution in [0.2, 0.25) is 0 Å². The molecule has 1 aromatic rings. The predicted octanol–water partition coefficient (Wildman–Crippen LogP) is 3.37. The average Bonchev–Trinajstić information content (AvgIpc) is 2.37. The van der Waals surface area contributed by atoms with Crippen LogP contribution in [0.4, 0.5) is 24.5 Å². The zero-order valence-corrected chi connectivity index (χ0v) is 12.1. The lowest BCUT2D eigenvalue weighted by Gasteiger charge is -2.21. The lowest BCUT2D eigenvalue weighted by atomic mass is 10.1. The molecule has 8 heteroatoms. The normalized spacial score (nSPS) is 12.0. The summed E-state index contributed by atoms with van der Waals surface area (Å²) in [5.41, 5.74) is -1.51. The van der Waals surface area contributed by atoms with Gasteiger partial charge in [-0.25, -0.2) is 0 Å². The molecule has 0 atom stereocenters. The Morgan fingerprint density at radius 3 is 2.48 bits per heavy atom. The minimum Gasteiger partial charge on any atom is -0.378 e. The van der Waals surface area contributed by atoms with E-state index in [0.29, 0.717) is 25.2 Å². The Morgan fingerprint density at radius 1 is 1.38 bits per heavy atom. The van der Waals surface area contributed by atoms with Gasteiger partial charge in [0.15, 0.2) is 0 Å². The molecule has 0 saturated heterocycles. The molecule has 5 nitrogen and oxygen atoms in total. The van der Waals surface area contributed by atoms with Crippen LogP contribution in [-0.2, 0) is 6.18 Å². The number of halogens is 3. The molecule has 0 saturated carbocycles. The van der Waals surface area contributed by atoms with Crippen LogP contribution in [-0.4, -0.2) is 36.0 Å². The summed E-state index contributed by atoms with van der Waals surface area (Å²) < 4.78 is 37.7. The van der Waals surface area contributed by atoms with Crippen molar-refractivity contribution >= 4 is 11.4 Å². The molecule has 0 aliphatic heterocycles. The molecular weight excluding hydrogens is 287 g/mol. The van der Waals surface area contributed by atoms with Crippen molar-refractivity contribution in [1.29, 1.82) is 0 Å². The van der Waals surface area contributed by atoms with E-state index in [2.05, 4.69) is 5.32 Å². The SMILES string of the molecule is CC(C)N(C)CCNc1ccc(C(F)(F)F)cc1[N+](=O)[O-]. The van der Waals surface area contributed by atoms with Crippen LogP contribution in [0.3, 0.4) is 0 Å². The van der Waals surface area contributed by atoms with E-state index in [1.807, 2.05) is 25.8 Å². The minimum atomic E-state index is -4.60. The Bertz CT molecular complexity index is 504. The summed E-state index contributed by atoms with van der Waals surface area (Å²) in [4.78, 5) is 12.1. The van der Waals surface area contributed by atoms with Crippen LogP contribution in [0.5, 0.6) is 0 Å². The summed E-state index contributed by atoms with van der Waals surface area (Å²) in [6.07, 6.45) is -4.60. The molecule has 0 amide bonds. The van der Waals surface area contributed by atoms with Gasteiger partial charge in [-0.1, -0.05) is 0 Å². The van der Waals surface area contributed by atoms with Crippen molar-refractivity contribution in [3.8, 4) is 0 Å². The van der Waals surface area contributed by atoms with Crippen LogP contribution in [0.1, 0.15) is 19.4 Å².